The van der Waals surface area contributed by atoms with Crippen molar-refractivity contribution in [3.05, 3.63) is 56.8 Å². The highest BCUT2D eigenvalue weighted by molar-refractivity contribution is 7.17. The van der Waals surface area contributed by atoms with Crippen molar-refractivity contribution in [2.24, 2.45) is 5.92 Å². The van der Waals surface area contributed by atoms with E-state index in [-0.39, 0.29) is 35.3 Å². The highest BCUT2D eigenvalue weighted by atomic mass is 31.0. The van der Waals surface area contributed by atoms with Crippen LogP contribution in [0.5, 0.6) is 0 Å². The van der Waals surface area contributed by atoms with Crippen LogP contribution in [-0.4, -0.2) is 51.3 Å². The maximum Gasteiger partial charge on any atom is 0.422 e. The summed E-state index contributed by atoms with van der Waals surface area (Å²) in [7, 11) is 1.47. The molecule has 0 fully saturated rings. The van der Waals surface area contributed by atoms with E-state index in [9.17, 15) is 31.5 Å². The van der Waals surface area contributed by atoms with Gasteiger partial charge in [-0.25, -0.2) is 5.10 Å². The molecule has 0 aliphatic heterocycles. The van der Waals surface area contributed by atoms with Gasteiger partial charge in [0.25, 0.3) is 17.1 Å². The largest absolute Gasteiger partial charge is 0.422 e. The predicted molar refractivity (Wildman–Crippen MR) is 184 cm³/mol. The van der Waals surface area contributed by atoms with Gasteiger partial charge >= 0.3 is 6.18 Å². The van der Waals surface area contributed by atoms with Crippen LogP contribution in [0.15, 0.2) is 23.1 Å². The molecule has 274 valence electrons. The number of aromatic amines is 1. The maximum atomic E-state index is 12.9. The number of aromatic nitrogens is 3. The van der Waals surface area contributed by atoms with Crippen LogP contribution in [0.3, 0.4) is 0 Å². The number of carbonyl (C=O) groups is 1. The van der Waals surface area contributed by atoms with Crippen LogP contribution in [-0.2, 0) is 27.8 Å². The molecule has 1 N–H and O–H groups in total. The van der Waals surface area contributed by atoms with E-state index in [0.29, 0.717) is 18.7 Å². The van der Waals surface area contributed by atoms with E-state index < -0.39 is 28.6 Å². The third-order valence-electron chi connectivity index (χ3n) is 8.65. The second kappa shape index (κ2) is 20.3. The number of rotatable bonds is 14. The number of aryl methyl sites for hydroxylation is 1. The molecular weight excluding hydrogens is 650 g/mol. The Morgan fingerprint density at radius 3 is 2.21 bits per heavy atom. The molecule has 1 aliphatic rings. The smallest absolute Gasteiger partial charge is 0.365 e. The number of carbonyl (C=O) groups excluding carboxylic acids is 1. The van der Waals surface area contributed by atoms with Gasteiger partial charge in [-0.3, -0.25) is 14.6 Å². The van der Waals surface area contributed by atoms with Gasteiger partial charge in [0.15, 0.2) is 0 Å². The Morgan fingerprint density at radius 2 is 1.73 bits per heavy atom. The first-order valence-electron chi connectivity index (χ1n) is 17.1. The Bertz CT molecular complexity index is 1300. The zero-order chi connectivity index (χ0) is 36.7. The number of halogens is 5. The molecule has 2 aromatic heterocycles. The summed E-state index contributed by atoms with van der Waals surface area (Å²) in [5.74, 6) is 0.454. The fourth-order valence-electron chi connectivity index (χ4n) is 5.41. The number of unbranched alkanes of at least 4 members (excludes halogenated alkanes) is 2. The van der Waals surface area contributed by atoms with Crippen LogP contribution in [0, 0.1) is 12.8 Å². The minimum absolute atomic E-state index is 0.0166. The number of alkyl halides is 5. The first-order chi connectivity index (χ1) is 22.4. The van der Waals surface area contributed by atoms with Crippen molar-refractivity contribution in [3.63, 3.8) is 0 Å². The Labute approximate surface area is 285 Å². The molecular formula is C35H56F5N4O3P. The average Bonchev–Trinajstić information content (AvgIpc) is 3.46. The van der Waals surface area contributed by atoms with Crippen molar-refractivity contribution < 1.29 is 31.5 Å². The van der Waals surface area contributed by atoms with E-state index in [4.69, 9.17) is 4.74 Å². The van der Waals surface area contributed by atoms with E-state index in [1.807, 2.05) is 37.7 Å². The second-order valence-electron chi connectivity index (χ2n) is 12.6. The molecule has 48 heavy (non-hydrogen) atoms. The van der Waals surface area contributed by atoms with Crippen LogP contribution in [0.2, 0.25) is 0 Å². The number of H-pyrrole nitrogens is 1. The third kappa shape index (κ3) is 13.1. The van der Waals surface area contributed by atoms with Gasteiger partial charge in [-0.1, -0.05) is 70.0 Å². The lowest BCUT2D eigenvalue weighted by Crippen LogP contribution is -2.49. The van der Waals surface area contributed by atoms with Crippen LogP contribution in [0.1, 0.15) is 134 Å². The number of pyridine rings is 1. The lowest BCUT2D eigenvalue weighted by molar-refractivity contribution is -0.157. The zero-order valence-corrected chi connectivity index (χ0v) is 31.1. The molecule has 0 saturated heterocycles. The summed E-state index contributed by atoms with van der Waals surface area (Å²) in [6.45, 7) is 18.5. The van der Waals surface area contributed by atoms with Crippen LogP contribution in [0.4, 0.5) is 22.0 Å². The molecule has 3 unspecified atom stereocenters. The number of nitrogens with one attached hydrogen (secondary N) is 1. The molecule has 1 aliphatic carbocycles. The van der Waals surface area contributed by atoms with Crippen molar-refractivity contribution in [2.45, 2.75) is 137 Å². The summed E-state index contributed by atoms with van der Waals surface area (Å²) in [5.41, 5.74) is -4.51. The molecule has 3 rings (SSSR count). The van der Waals surface area contributed by atoms with Gasteiger partial charge in [0.2, 0.25) is 0 Å². The Kier molecular flexibility index (Phi) is 18.4. The van der Waals surface area contributed by atoms with Crippen LogP contribution < -0.4 is 5.56 Å². The van der Waals surface area contributed by atoms with Crippen molar-refractivity contribution >= 4 is 15.1 Å². The normalized spacial score (nSPS) is 16.1. The molecule has 7 nitrogen and oxygen atoms in total. The zero-order valence-electron chi connectivity index (χ0n) is 29.9. The van der Waals surface area contributed by atoms with Gasteiger partial charge in [0, 0.05) is 43.1 Å². The summed E-state index contributed by atoms with van der Waals surface area (Å²) in [6.07, 6.45) is 4.54. The van der Waals surface area contributed by atoms with E-state index in [0.717, 1.165) is 50.9 Å². The second-order valence-corrected chi connectivity index (χ2v) is 13.3. The van der Waals surface area contributed by atoms with Crippen molar-refractivity contribution in [1.29, 1.82) is 0 Å². The number of hydrogen-bond donors (Lipinski definition) is 1. The lowest BCUT2D eigenvalue weighted by atomic mass is 9.90. The van der Waals surface area contributed by atoms with Crippen molar-refractivity contribution in [1.82, 2.24) is 20.1 Å². The van der Waals surface area contributed by atoms with Crippen LogP contribution in [0.25, 0.3) is 0 Å². The fourth-order valence-corrected chi connectivity index (χ4v) is 5.58. The predicted octanol–water partition coefficient (Wildman–Crippen LogP) is 9.19. The summed E-state index contributed by atoms with van der Waals surface area (Å²) in [5, 5.41) is 5.84. The quantitative estimate of drug-likeness (QED) is 0.120. The Balaban J connectivity index is 0.000000372. The maximum absolute atomic E-state index is 12.9. The summed E-state index contributed by atoms with van der Waals surface area (Å²) in [6, 6.07) is 2.93. The number of ether oxygens (including phenoxy) is 1. The topological polar surface area (TPSA) is 88.2 Å². The summed E-state index contributed by atoms with van der Waals surface area (Å²) < 4.78 is 69.4. The molecule has 2 aromatic rings. The van der Waals surface area contributed by atoms with E-state index >= 15 is 0 Å². The highest BCUT2D eigenvalue weighted by Gasteiger charge is 2.42. The van der Waals surface area contributed by atoms with Crippen molar-refractivity contribution in [3.8, 4) is 0 Å². The molecule has 0 bridgehead atoms. The van der Waals surface area contributed by atoms with Gasteiger partial charge in [-0.2, -0.15) is 27.1 Å². The van der Waals surface area contributed by atoms with E-state index in [1.54, 1.807) is 13.0 Å². The third-order valence-corrected chi connectivity index (χ3v) is 8.98. The number of fused-ring (bicyclic) bond motifs is 1. The Morgan fingerprint density at radius 1 is 1.06 bits per heavy atom. The van der Waals surface area contributed by atoms with Gasteiger partial charge < -0.3 is 9.64 Å². The first-order valence-corrected chi connectivity index (χ1v) is 17.7. The lowest BCUT2D eigenvalue weighted by Gasteiger charge is -2.34. The van der Waals surface area contributed by atoms with Crippen molar-refractivity contribution in [2.75, 3.05) is 19.7 Å². The minimum Gasteiger partial charge on any atom is -0.365 e. The average molecular weight is 707 g/mol. The minimum atomic E-state index is -4.61. The van der Waals surface area contributed by atoms with Gasteiger partial charge in [0.05, 0.1) is 5.69 Å². The van der Waals surface area contributed by atoms with Gasteiger partial charge in [0.1, 0.15) is 11.2 Å². The summed E-state index contributed by atoms with van der Waals surface area (Å²) in [4.78, 5) is 29.8. The molecule has 0 spiro atoms. The standard InChI is InChI=1S/C16H33NO2.C12H15F3N2O.C7H8F2NP/c1-6-10-11-13-17(12-7-2)15(18)16(5,9-4)19-14-8-3;1-3-6(2)7-4-5-8-9(12(13,14)15)11(18)17-16-10(7)8;1-5-2-3-6(4-10-5)7(8,9)11/h6-14H2,1-5H3;6-7H,3-5H2,1-2H3,(H,17,18);2-4H,11H2,1H3/t16-;;/m1../s1. The van der Waals surface area contributed by atoms with Gasteiger partial charge in [-0.15, -0.1) is 0 Å². The fraction of sp³-hybridized carbons (Fsp3) is 0.714. The van der Waals surface area contributed by atoms with E-state index in [2.05, 4.69) is 30.9 Å². The van der Waals surface area contributed by atoms with E-state index in [1.165, 1.54) is 34.3 Å². The molecule has 2 heterocycles. The molecule has 1 amide bonds. The van der Waals surface area contributed by atoms with Crippen LogP contribution >= 0.6 is 9.24 Å². The number of nitrogens with zero attached hydrogens (tertiary/aromatic N) is 3. The monoisotopic (exact) mass is 706 g/mol. The number of amides is 1. The molecule has 0 aromatic carbocycles. The first kappa shape index (κ1) is 43.6. The summed E-state index contributed by atoms with van der Waals surface area (Å²) >= 11 is 0. The highest BCUT2D eigenvalue weighted by Crippen LogP contribution is 2.42. The molecule has 13 heteroatoms. The molecule has 4 atom stereocenters. The Hall–Kier alpha value is -2.46. The van der Waals surface area contributed by atoms with Gasteiger partial charge in [-0.05, 0) is 76.0 Å². The number of hydrogen-bond acceptors (Lipinski definition) is 5. The molecule has 0 radical (unpaired) electrons. The molecule has 0 saturated carbocycles. The SMILES string of the molecule is CCC(C)C1CCc2c1n[nH]c(=O)c2C(F)(F)F.CCCCCN(CCC)C(=O)[C@@](C)(CC)OCCC.Cc1ccc(C(F)(F)P)cn1.